The van der Waals surface area contributed by atoms with Gasteiger partial charge in [-0.1, -0.05) is 86.1 Å². The summed E-state index contributed by atoms with van der Waals surface area (Å²) >= 11 is 0. The molecule has 0 aliphatic carbocycles. The van der Waals surface area contributed by atoms with Crippen LogP contribution in [0.1, 0.15) is 94.9 Å². The maximum Gasteiger partial charge on any atom is 0 e. The van der Waals surface area contributed by atoms with Crippen molar-refractivity contribution in [2.45, 2.75) is 131 Å². The molecule has 2 radical (unpaired) electrons. The average Bonchev–Trinajstić information content (AvgIpc) is 3.12. The van der Waals surface area contributed by atoms with Gasteiger partial charge in [-0.05, 0) is 86.6 Å². The molecule has 10 heteroatoms. The van der Waals surface area contributed by atoms with E-state index in [-0.39, 0.29) is 41.6 Å². The van der Waals surface area contributed by atoms with Crippen LogP contribution in [0.25, 0.3) is 0 Å². The molecule has 0 saturated carbocycles. The summed E-state index contributed by atoms with van der Waals surface area (Å²) < 4.78 is 56.5. The Bertz CT molecular complexity index is 1010. The molecule has 1 heterocycles. The van der Waals surface area contributed by atoms with Gasteiger partial charge in [0.15, 0.2) is 14.9 Å². The topological polar surface area (TPSA) is 127 Å². The third-order valence-corrected chi connectivity index (χ3v) is 13.6. The first-order valence-corrected chi connectivity index (χ1v) is 19.0. The van der Waals surface area contributed by atoms with Crippen molar-refractivity contribution in [2.24, 2.45) is 29.6 Å². The second kappa shape index (κ2) is 38.3. The predicted molar refractivity (Wildman–Crippen MR) is 190 cm³/mol. The summed E-state index contributed by atoms with van der Waals surface area (Å²) in [7, 11) is -1.73. The van der Waals surface area contributed by atoms with E-state index in [1.165, 1.54) is 5.57 Å². The molecule has 0 aromatic heterocycles. The molecule has 8 atom stereocenters. The standard InChI is InChI=1S/C35H60O3Si.5CO.Cr/c1-14-33-31(12)35(38-39(15-2,16-3)17-4)32(13)34(37-33)19-18-26(7)20-27(8)21-28(9)22-29(10)30(11)24-36-23-25(5)6;5*1-2;/h1,20,26,28-29,31-35H,5,11,15-19,21-22,24H2,2-4,6-10,12-13H3;;;;;;/b27-20+;;;;;;/t26-,28+,29-,31-,32-,33-,34+,35+;;;;;;/m0....../s1. The van der Waals surface area contributed by atoms with E-state index in [1.54, 1.807) is 0 Å². The van der Waals surface area contributed by atoms with Gasteiger partial charge in [0.25, 0.3) is 0 Å². The molecule has 0 bridgehead atoms. The Morgan fingerprint density at radius 1 is 0.900 bits per heavy atom. The van der Waals surface area contributed by atoms with Crippen molar-refractivity contribution >= 4 is 8.32 Å². The van der Waals surface area contributed by atoms with E-state index in [0.29, 0.717) is 30.3 Å². The van der Waals surface area contributed by atoms with E-state index >= 15 is 0 Å². The van der Waals surface area contributed by atoms with Gasteiger partial charge in [0.05, 0.1) is 18.8 Å². The van der Waals surface area contributed by atoms with Gasteiger partial charge < -0.3 is 13.9 Å². The molecular weight excluding hydrogens is 689 g/mol. The van der Waals surface area contributed by atoms with Gasteiger partial charge in [0.2, 0.25) is 0 Å². The van der Waals surface area contributed by atoms with Gasteiger partial charge in [0, 0.05) is 29.2 Å². The zero-order valence-corrected chi connectivity index (χ0v) is 34.3. The number of terminal acetylenes is 1. The first kappa shape index (κ1) is 60.2. The van der Waals surface area contributed by atoms with E-state index in [2.05, 4.69) is 127 Å². The predicted octanol–water partition coefficient (Wildman–Crippen LogP) is 9.46. The van der Waals surface area contributed by atoms with Crippen molar-refractivity contribution in [1.29, 1.82) is 0 Å². The van der Waals surface area contributed by atoms with E-state index in [4.69, 9.17) is 43.6 Å². The van der Waals surface area contributed by atoms with Crippen molar-refractivity contribution in [3.63, 3.8) is 0 Å². The third-order valence-electron chi connectivity index (χ3n) is 9.01. The zero-order valence-electron chi connectivity index (χ0n) is 32.0. The van der Waals surface area contributed by atoms with Crippen LogP contribution < -0.4 is 0 Å². The molecule has 1 rings (SSSR count). The van der Waals surface area contributed by atoms with Crippen LogP contribution in [0.2, 0.25) is 18.1 Å². The minimum Gasteiger partial charge on any atom is 0 e. The Morgan fingerprint density at radius 3 is 1.80 bits per heavy atom. The van der Waals surface area contributed by atoms with Gasteiger partial charge in [0.1, 0.15) is 6.10 Å². The molecule has 0 spiro atoms. The van der Waals surface area contributed by atoms with Crippen LogP contribution in [0.5, 0.6) is 0 Å². The molecule has 0 aromatic rings. The molecular formula is C40H60CrO8Si. The molecule has 278 valence electrons. The zero-order chi connectivity index (χ0) is 39.8. The fourth-order valence-corrected chi connectivity index (χ4v) is 9.19. The Balaban J connectivity index is -0.000000401. The van der Waals surface area contributed by atoms with Crippen LogP contribution in [0.3, 0.4) is 0 Å². The molecule has 50 heavy (non-hydrogen) atoms. The summed E-state index contributed by atoms with van der Waals surface area (Å²) in [5.74, 6) is 5.02. The minimum absolute atomic E-state index is 0. The molecule has 0 unspecified atom stereocenters. The summed E-state index contributed by atoms with van der Waals surface area (Å²) in [5, 5.41) is 0. The molecule has 1 aliphatic heterocycles. The van der Waals surface area contributed by atoms with E-state index in [9.17, 15) is 0 Å². The normalized spacial score (nSPS) is 20.9. The fraction of sp³-hybridized carbons (Fsp3) is 0.650. The molecule has 1 fully saturated rings. The first-order chi connectivity index (χ1) is 23.3. The molecule has 0 amide bonds. The first-order valence-electron chi connectivity index (χ1n) is 16.5. The summed E-state index contributed by atoms with van der Waals surface area (Å²) in [6.45, 7) is 56.3. The summed E-state index contributed by atoms with van der Waals surface area (Å²) in [5.41, 5.74) is 3.38. The SMILES string of the molecule is C#C[C@@H]1O[C@H](CC[C@H](C)/C=C(\C)C[C@@H](C)C[C@H](C)C(=C)CO[C]C(=C)C)[C@H](C)[C@H](O[Si](CC)(CC)CC)[C@H]1C.[C-]#[O+].[C-]#[O+].[C-]#[O+].[C-]#[O+].[C-]#[O+].[Cr]. The van der Waals surface area contributed by atoms with Crippen LogP contribution in [0, 0.1) is 81.8 Å². The Hall–Kier alpha value is -1.89. The minimum atomic E-state index is -1.73. The summed E-state index contributed by atoms with van der Waals surface area (Å²) in [6.07, 6.45) is 12.9. The van der Waals surface area contributed by atoms with Crippen molar-refractivity contribution in [2.75, 3.05) is 6.61 Å². The maximum absolute atomic E-state index is 7.50. The van der Waals surface area contributed by atoms with Crippen molar-refractivity contribution < 1.29 is 54.5 Å². The van der Waals surface area contributed by atoms with E-state index in [0.717, 1.165) is 55.0 Å². The molecule has 8 nitrogen and oxygen atoms in total. The molecule has 0 aromatic carbocycles. The molecule has 0 N–H and O–H groups in total. The number of hydrogen-bond donors (Lipinski definition) is 0. The third kappa shape index (κ3) is 25.1. The fourth-order valence-electron chi connectivity index (χ4n) is 6.19. The number of ether oxygens (including phenoxy) is 2. The summed E-state index contributed by atoms with van der Waals surface area (Å²) in [4.78, 5) is 0. The monoisotopic (exact) mass is 748 g/mol. The quantitative estimate of drug-likeness (QED) is 0.0456. The molecule has 1 aliphatic rings. The van der Waals surface area contributed by atoms with Crippen LogP contribution in [-0.4, -0.2) is 33.2 Å². The smallest absolute Gasteiger partial charge is 0 e. The van der Waals surface area contributed by atoms with Gasteiger partial charge in [-0.3, -0.25) is 0 Å². The van der Waals surface area contributed by atoms with Crippen molar-refractivity contribution in [3.8, 4) is 12.3 Å². The van der Waals surface area contributed by atoms with Gasteiger partial charge in [-0.2, -0.15) is 0 Å². The second-order valence-electron chi connectivity index (χ2n) is 12.6. The average molecular weight is 749 g/mol. The van der Waals surface area contributed by atoms with Gasteiger partial charge >= 0.3 is 56.5 Å². The number of rotatable bonds is 18. The maximum atomic E-state index is 7.50. The van der Waals surface area contributed by atoms with Crippen LogP contribution >= 0.6 is 0 Å². The number of allylic oxidation sites excluding steroid dienone is 2. The Morgan fingerprint density at radius 2 is 1.38 bits per heavy atom. The van der Waals surface area contributed by atoms with Crippen LogP contribution in [0.4, 0.5) is 0 Å². The summed E-state index contributed by atoms with van der Waals surface area (Å²) in [6, 6.07) is 3.48. The Kier molecular flexibility index (Phi) is 46.2. The van der Waals surface area contributed by atoms with Crippen LogP contribution in [0.15, 0.2) is 36.0 Å². The largest absolute Gasteiger partial charge is 0 e. The second-order valence-corrected chi connectivity index (χ2v) is 17.4. The van der Waals surface area contributed by atoms with E-state index in [1.807, 2.05) is 6.92 Å². The van der Waals surface area contributed by atoms with E-state index < -0.39 is 8.32 Å². The number of hydrogen-bond acceptors (Lipinski definition) is 3. The Labute approximate surface area is 317 Å². The van der Waals surface area contributed by atoms with Gasteiger partial charge in [-0.25, -0.2) is 0 Å². The van der Waals surface area contributed by atoms with Gasteiger partial charge in [-0.15, -0.1) is 6.42 Å². The van der Waals surface area contributed by atoms with Crippen molar-refractivity contribution in [1.82, 2.24) is 0 Å². The molecule has 1 saturated heterocycles. The van der Waals surface area contributed by atoms with Crippen molar-refractivity contribution in [3.05, 3.63) is 75.8 Å². The van der Waals surface area contributed by atoms with Crippen LogP contribution in [-0.2, 0) is 54.5 Å².